The fourth-order valence-corrected chi connectivity index (χ4v) is 3.46. The van der Waals surface area contributed by atoms with Crippen LogP contribution in [0.5, 0.6) is 0 Å². The van der Waals surface area contributed by atoms with Gasteiger partial charge in [0.15, 0.2) is 5.78 Å². The maximum Gasteiger partial charge on any atom is 0.171 e. The molecular formula is C15H16F3NO. The number of rotatable bonds is 2. The summed E-state index contributed by atoms with van der Waals surface area (Å²) in [5, 5.41) is 3.43. The minimum absolute atomic E-state index is 0.253. The molecule has 1 aromatic carbocycles. The summed E-state index contributed by atoms with van der Waals surface area (Å²) >= 11 is 0. The molecule has 1 aromatic rings. The van der Waals surface area contributed by atoms with E-state index < -0.39 is 28.8 Å². The lowest BCUT2D eigenvalue weighted by atomic mass is 9.77. The van der Waals surface area contributed by atoms with Crippen LogP contribution in [-0.4, -0.2) is 17.9 Å². The third kappa shape index (κ3) is 2.46. The highest BCUT2D eigenvalue weighted by Crippen LogP contribution is 2.32. The van der Waals surface area contributed by atoms with Gasteiger partial charge in [-0.25, -0.2) is 13.2 Å². The zero-order valence-corrected chi connectivity index (χ0v) is 11.0. The quantitative estimate of drug-likeness (QED) is 0.844. The largest absolute Gasteiger partial charge is 0.311 e. The summed E-state index contributed by atoms with van der Waals surface area (Å²) in [6, 6.07) is 1.64. The van der Waals surface area contributed by atoms with Crippen LogP contribution in [0.15, 0.2) is 12.1 Å². The maximum atomic E-state index is 13.7. The maximum absolute atomic E-state index is 13.7. The highest BCUT2D eigenvalue weighted by Gasteiger charge is 2.36. The molecule has 0 amide bonds. The van der Waals surface area contributed by atoms with Gasteiger partial charge in [0.25, 0.3) is 0 Å². The Morgan fingerprint density at radius 1 is 1.05 bits per heavy atom. The molecule has 0 aliphatic carbocycles. The molecule has 2 heterocycles. The zero-order chi connectivity index (χ0) is 14.3. The normalized spacial score (nSPS) is 29.2. The summed E-state index contributed by atoms with van der Waals surface area (Å²) in [5.41, 5.74) is -0.587. The number of piperidine rings is 2. The number of Topliss-reactive ketones (excluding diaryl/α,β-unsaturated/α-hetero) is 1. The molecule has 2 saturated heterocycles. The van der Waals surface area contributed by atoms with Gasteiger partial charge in [0.2, 0.25) is 0 Å². The predicted molar refractivity (Wildman–Crippen MR) is 67.9 cm³/mol. The lowest BCUT2D eigenvalue weighted by Gasteiger charge is -2.39. The summed E-state index contributed by atoms with van der Waals surface area (Å²) in [4.78, 5) is 12.4. The van der Waals surface area contributed by atoms with E-state index in [0.717, 1.165) is 19.3 Å². The molecule has 0 radical (unpaired) electrons. The van der Waals surface area contributed by atoms with Gasteiger partial charge >= 0.3 is 0 Å². The molecule has 2 aliphatic heterocycles. The SMILES string of the molecule is O=C(c1c(F)cc(F)cc1F)C1CC2CCCC(C1)N2. The van der Waals surface area contributed by atoms with E-state index >= 15 is 0 Å². The number of carbonyl (C=O) groups is 1. The number of nitrogens with one attached hydrogen (secondary N) is 1. The molecular weight excluding hydrogens is 267 g/mol. The van der Waals surface area contributed by atoms with Gasteiger partial charge in [0, 0.05) is 30.1 Å². The van der Waals surface area contributed by atoms with E-state index in [2.05, 4.69) is 5.32 Å². The summed E-state index contributed by atoms with van der Waals surface area (Å²) in [5.74, 6) is -4.11. The van der Waals surface area contributed by atoms with Crippen molar-refractivity contribution >= 4 is 5.78 Å². The third-order valence-corrected chi connectivity index (χ3v) is 4.34. The molecule has 0 spiro atoms. The number of hydrogen-bond acceptors (Lipinski definition) is 2. The van der Waals surface area contributed by atoms with Crippen LogP contribution < -0.4 is 5.32 Å². The third-order valence-electron chi connectivity index (χ3n) is 4.34. The number of fused-ring (bicyclic) bond motifs is 2. The Hall–Kier alpha value is -1.36. The van der Waals surface area contributed by atoms with Crippen molar-refractivity contribution < 1.29 is 18.0 Å². The van der Waals surface area contributed by atoms with Crippen LogP contribution in [0.25, 0.3) is 0 Å². The topological polar surface area (TPSA) is 29.1 Å². The van der Waals surface area contributed by atoms with Crippen LogP contribution in [-0.2, 0) is 0 Å². The average Bonchev–Trinajstić information content (AvgIpc) is 2.36. The van der Waals surface area contributed by atoms with Crippen molar-refractivity contribution in [2.45, 2.75) is 44.2 Å². The molecule has 20 heavy (non-hydrogen) atoms. The van der Waals surface area contributed by atoms with Crippen molar-refractivity contribution in [1.82, 2.24) is 5.32 Å². The summed E-state index contributed by atoms with van der Waals surface area (Å²) in [6.07, 6.45) is 4.32. The van der Waals surface area contributed by atoms with Gasteiger partial charge < -0.3 is 5.32 Å². The molecule has 2 bridgehead atoms. The monoisotopic (exact) mass is 283 g/mol. The molecule has 1 N–H and O–H groups in total. The molecule has 2 unspecified atom stereocenters. The Morgan fingerprint density at radius 3 is 2.15 bits per heavy atom. The van der Waals surface area contributed by atoms with Gasteiger partial charge in [0.1, 0.15) is 17.5 Å². The van der Waals surface area contributed by atoms with Crippen molar-refractivity contribution in [3.63, 3.8) is 0 Å². The minimum Gasteiger partial charge on any atom is -0.311 e. The minimum atomic E-state index is -1.10. The highest BCUT2D eigenvalue weighted by atomic mass is 19.1. The van der Waals surface area contributed by atoms with Crippen molar-refractivity contribution in [1.29, 1.82) is 0 Å². The van der Waals surface area contributed by atoms with Crippen LogP contribution in [0.3, 0.4) is 0 Å². The predicted octanol–water partition coefficient (Wildman–Crippen LogP) is 3.21. The first-order valence-electron chi connectivity index (χ1n) is 6.99. The van der Waals surface area contributed by atoms with E-state index in [1.807, 2.05) is 0 Å². The fraction of sp³-hybridized carbons (Fsp3) is 0.533. The second kappa shape index (κ2) is 5.20. The van der Waals surface area contributed by atoms with Crippen LogP contribution in [0, 0.1) is 23.4 Å². The Balaban J connectivity index is 1.86. The zero-order valence-electron chi connectivity index (χ0n) is 11.0. The molecule has 3 rings (SSSR count). The van der Waals surface area contributed by atoms with Gasteiger partial charge in [-0.05, 0) is 25.7 Å². The van der Waals surface area contributed by atoms with E-state index in [9.17, 15) is 18.0 Å². The summed E-state index contributed by atoms with van der Waals surface area (Å²) in [6.45, 7) is 0. The molecule has 2 fully saturated rings. The molecule has 2 atom stereocenters. The van der Waals surface area contributed by atoms with Crippen LogP contribution >= 0.6 is 0 Å². The number of benzene rings is 1. The number of carbonyl (C=O) groups excluding carboxylic acids is 1. The van der Waals surface area contributed by atoms with E-state index in [4.69, 9.17) is 0 Å². The molecule has 2 nitrogen and oxygen atoms in total. The first-order chi connectivity index (χ1) is 9.54. The lowest BCUT2D eigenvalue weighted by Crippen LogP contribution is -2.50. The molecule has 0 aromatic heterocycles. The Bertz CT molecular complexity index is 511. The van der Waals surface area contributed by atoms with E-state index in [-0.39, 0.29) is 18.0 Å². The van der Waals surface area contributed by atoms with Crippen molar-refractivity contribution in [3.8, 4) is 0 Å². The number of halogens is 3. The Morgan fingerprint density at radius 2 is 1.60 bits per heavy atom. The fourth-order valence-electron chi connectivity index (χ4n) is 3.46. The second-order valence-electron chi connectivity index (χ2n) is 5.77. The summed E-state index contributed by atoms with van der Waals surface area (Å²) in [7, 11) is 0. The highest BCUT2D eigenvalue weighted by molar-refractivity contribution is 5.98. The van der Waals surface area contributed by atoms with Gasteiger partial charge in [-0.3, -0.25) is 4.79 Å². The molecule has 108 valence electrons. The lowest BCUT2D eigenvalue weighted by molar-refractivity contribution is 0.0816. The van der Waals surface area contributed by atoms with E-state index in [1.54, 1.807) is 0 Å². The molecule has 0 saturated carbocycles. The molecule has 2 aliphatic rings. The van der Waals surface area contributed by atoms with Crippen molar-refractivity contribution in [3.05, 3.63) is 35.1 Å². The van der Waals surface area contributed by atoms with Gasteiger partial charge in [-0.2, -0.15) is 0 Å². The standard InChI is InChI=1S/C15H16F3NO/c16-9-6-12(17)14(13(18)7-9)15(20)8-4-10-2-1-3-11(5-8)19-10/h6-8,10-11,19H,1-5H2. The average molecular weight is 283 g/mol. The van der Waals surface area contributed by atoms with Crippen LogP contribution in [0.2, 0.25) is 0 Å². The van der Waals surface area contributed by atoms with Gasteiger partial charge in [0.05, 0.1) is 5.56 Å². The van der Waals surface area contributed by atoms with Crippen molar-refractivity contribution in [2.24, 2.45) is 5.92 Å². The van der Waals surface area contributed by atoms with Gasteiger partial charge in [-0.15, -0.1) is 0 Å². The molecule has 5 heteroatoms. The number of ketones is 1. The Kier molecular flexibility index (Phi) is 3.54. The summed E-state index contributed by atoms with van der Waals surface area (Å²) < 4.78 is 40.3. The van der Waals surface area contributed by atoms with Crippen LogP contribution in [0.4, 0.5) is 13.2 Å². The smallest absolute Gasteiger partial charge is 0.171 e. The second-order valence-corrected chi connectivity index (χ2v) is 5.77. The number of hydrogen-bond donors (Lipinski definition) is 1. The van der Waals surface area contributed by atoms with Crippen molar-refractivity contribution in [2.75, 3.05) is 0 Å². The van der Waals surface area contributed by atoms with Gasteiger partial charge in [-0.1, -0.05) is 6.42 Å². The Labute approximate surface area is 115 Å². The first kappa shape index (κ1) is 13.6. The van der Waals surface area contributed by atoms with Crippen LogP contribution in [0.1, 0.15) is 42.5 Å². The first-order valence-corrected chi connectivity index (χ1v) is 6.99. The van der Waals surface area contributed by atoms with E-state index in [0.29, 0.717) is 25.0 Å². The van der Waals surface area contributed by atoms with E-state index in [1.165, 1.54) is 0 Å².